The highest BCUT2D eigenvalue weighted by Gasteiger charge is 2.10. The van der Waals surface area contributed by atoms with Gasteiger partial charge in [0, 0.05) is 11.6 Å². The highest BCUT2D eigenvalue weighted by atomic mass is 16.4. The molecule has 0 aromatic carbocycles. The molecule has 2 amide bonds. The molecule has 0 bridgehead atoms. The second-order valence-electron chi connectivity index (χ2n) is 3.58. The van der Waals surface area contributed by atoms with Crippen molar-refractivity contribution in [2.45, 2.75) is 39.0 Å². The van der Waals surface area contributed by atoms with Crippen LogP contribution in [0.15, 0.2) is 11.6 Å². The van der Waals surface area contributed by atoms with Crippen molar-refractivity contribution in [1.29, 1.82) is 0 Å². The zero-order valence-corrected chi connectivity index (χ0v) is 9.73. The lowest BCUT2D eigenvalue weighted by atomic mass is 10.1. The van der Waals surface area contributed by atoms with Gasteiger partial charge in [-0.1, -0.05) is 26.2 Å². The van der Waals surface area contributed by atoms with Crippen LogP contribution >= 0.6 is 0 Å². The Labute approximate surface area is 99.3 Å². The molecule has 0 rings (SSSR count). The number of carbonyl (C=O) groups is 3. The molecule has 0 heterocycles. The van der Waals surface area contributed by atoms with E-state index in [1.807, 2.05) is 6.92 Å². The Morgan fingerprint density at radius 3 is 2.24 bits per heavy atom. The van der Waals surface area contributed by atoms with Crippen LogP contribution in [0.3, 0.4) is 0 Å². The normalized spacial score (nSPS) is 11.0. The molecule has 6 heteroatoms. The Balaban J connectivity index is 4.31. The average Bonchev–Trinajstić information content (AvgIpc) is 2.21. The highest BCUT2D eigenvalue weighted by molar-refractivity contribution is 6.02. The van der Waals surface area contributed by atoms with E-state index in [4.69, 9.17) is 10.2 Å². The lowest BCUT2D eigenvalue weighted by molar-refractivity contribution is -0.133. The lowest BCUT2D eigenvalue weighted by Crippen LogP contribution is -2.27. The molecule has 0 saturated heterocycles. The summed E-state index contributed by atoms with van der Waals surface area (Å²) in [6, 6.07) is 0. The predicted octanol–water partition coefficient (Wildman–Crippen LogP) is 1.76. The second kappa shape index (κ2) is 8.32. The summed E-state index contributed by atoms with van der Waals surface area (Å²) in [5.41, 5.74) is -0.0696. The number of imide groups is 1. The summed E-state index contributed by atoms with van der Waals surface area (Å²) >= 11 is 0. The topological polar surface area (TPSA) is 104 Å². The maximum atomic E-state index is 11.0. The van der Waals surface area contributed by atoms with Crippen molar-refractivity contribution in [3.8, 4) is 0 Å². The van der Waals surface area contributed by atoms with Gasteiger partial charge in [-0.3, -0.25) is 10.1 Å². The monoisotopic (exact) mass is 243 g/mol. The highest BCUT2D eigenvalue weighted by Crippen LogP contribution is 2.10. The van der Waals surface area contributed by atoms with E-state index in [0.717, 1.165) is 25.3 Å². The molecule has 6 nitrogen and oxygen atoms in total. The van der Waals surface area contributed by atoms with Crippen molar-refractivity contribution in [2.24, 2.45) is 0 Å². The molecule has 0 radical (unpaired) electrons. The number of aliphatic carboxylic acids is 1. The van der Waals surface area contributed by atoms with Gasteiger partial charge < -0.3 is 10.2 Å². The largest absolute Gasteiger partial charge is 0.478 e. The quantitative estimate of drug-likeness (QED) is 0.467. The minimum Gasteiger partial charge on any atom is -0.478 e. The fourth-order valence-electron chi connectivity index (χ4n) is 1.28. The SMILES string of the molecule is CCCCCC/C(=C/C(=O)NC(=O)O)C(=O)O. The molecule has 0 fully saturated rings. The molecule has 96 valence electrons. The van der Waals surface area contributed by atoms with Crippen molar-refractivity contribution < 1.29 is 24.6 Å². The summed E-state index contributed by atoms with van der Waals surface area (Å²) in [7, 11) is 0. The third-order valence-electron chi connectivity index (χ3n) is 2.11. The first kappa shape index (κ1) is 15.2. The molecule has 17 heavy (non-hydrogen) atoms. The van der Waals surface area contributed by atoms with E-state index in [2.05, 4.69) is 0 Å². The molecule has 3 N–H and O–H groups in total. The molecule has 0 aliphatic rings. The van der Waals surface area contributed by atoms with Gasteiger partial charge in [0.2, 0.25) is 0 Å². The molecular weight excluding hydrogens is 226 g/mol. The summed E-state index contributed by atoms with van der Waals surface area (Å²) in [6.07, 6.45) is 3.19. The van der Waals surface area contributed by atoms with Crippen molar-refractivity contribution in [1.82, 2.24) is 5.32 Å². The summed E-state index contributed by atoms with van der Waals surface area (Å²) in [4.78, 5) is 32.0. The summed E-state index contributed by atoms with van der Waals surface area (Å²) in [6.45, 7) is 2.04. The van der Waals surface area contributed by atoms with Crippen LogP contribution < -0.4 is 5.32 Å². The summed E-state index contributed by atoms with van der Waals surface area (Å²) < 4.78 is 0. The van der Waals surface area contributed by atoms with Crippen molar-refractivity contribution >= 4 is 18.0 Å². The number of amides is 2. The van der Waals surface area contributed by atoms with E-state index in [1.54, 1.807) is 5.32 Å². The number of hydrogen-bond donors (Lipinski definition) is 3. The third kappa shape index (κ3) is 8.01. The van der Waals surface area contributed by atoms with Crippen LogP contribution in [0.2, 0.25) is 0 Å². The van der Waals surface area contributed by atoms with Gasteiger partial charge in [-0.25, -0.2) is 9.59 Å². The first-order chi connectivity index (χ1) is 7.97. The van der Waals surface area contributed by atoms with Crippen molar-refractivity contribution in [2.75, 3.05) is 0 Å². The Bertz CT molecular complexity index is 322. The van der Waals surface area contributed by atoms with E-state index in [0.29, 0.717) is 6.42 Å². The molecule has 0 aliphatic heterocycles. The van der Waals surface area contributed by atoms with Crippen molar-refractivity contribution in [3.05, 3.63) is 11.6 Å². The molecule has 0 atom stereocenters. The maximum absolute atomic E-state index is 11.0. The Hall–Kier alpha value is -1.85. The number of carboxylic acids is 1. The number of carboxylic acid groups (broad SMARTS) is 2. The first-order valence-corrected chi connectivity index (χ1v) is 5.45. The smallest absolute Gasteiger partial charge is 0.411 e. The molecule has 0 spiro atoms. The van der Waals surface area contributed by atoms with Crippen LogP contribution in [0.25, 0.3) is 0 Å². The molecular formula is C11H17NO5. The summed E-state index contributed by atoms with van der Waals surface area (Å²) in [5, 5.41) is 18.7. The second-order valence-corrected chi connectivity index (χ2v) is 3.58. The number of nitrogens with one attached hydrogen (secondary N) is 1. The Morgan fingerprint density at radius 2 is 1.76 bits per heavy atom. The number of rotatable bonds is 7. The van der Waals surface area contributed by atoms with Crippen LogP contribution in [0.5, 0.6) is 0 Å². The molecule has 0 saturated carbocycles. The van der Waals surface area contributed by atoms with E-state index < -0.39 is 18.0 Å². The van der Waals surface area contributed by atoms with E-state index in [-0.39, 0.29) is 12.0 Å². The minimum atomic E-state index is -1.50. The fourth-order valence-corrected chi connectivity index (χ4v) is 1.28. The molecule has 0 aromatic heterocycles. The zero-order chi connectivity index (χ0) is 13.3. The van der Waals surface area contributed by atoms with Crippen LogP contribution in [0, 0.1) is 0 Å². The van der Waals surface area contributed by atoms with Gasteiger partial charge in [0.25, 0.3) is 5.91 Å². The molecule has 0 aliphatic carbocycles. The minimum absolute atomic E-state index is 0.0696. The van der Waals surface area contributed by atoms with Crippen LogP contribution in [0.4, 0.5) is 4.79 Å². The van der Waals surface area contributed by atoms with E-state index in [1.165, 1.54) is 0 Å². The van der Waals surface area contributed by atoms with Gasteiger partial charge in [0.15, 0.2) is 0 Å². The van der Waals surface area contributed by atoms with Crippen molar-refractivity contribution in [3.63, 3.8) is 0 Å². The molecule has 0 aromatic rings. The van der Waals surface area contributed by atoms with Gasteiger partial charge in [0.1, 0.15) is 0 Å². The standard InChI is InChI=1S/C11H17NO5/c1-2-3-4-5-6-8(10(14)15)7-9(13)12-11(16)17/h7H,2-6H2,1H3,(H,12,13)(H,14,15)(H,16,17)/b8-7-. The van der Waals surface area contributed by atoms with Crippen LogP contribution in [-0.2, 0) is 9.59 Å². The van der Waals surface area contributed by atoms with Crippen LogP contribution in [0.1, 0.15) is 39.0 Å². The maximum Gasteiger partial charge on any atom is 0.411 e. The number of hydrogen-bond acceptors (Lipinski definition) is 3. The van der Waals surface area contributed by atoms with Gasteiger partial charge in [-0.15, -0.1) is 0 Å². The number of carbonyl (C=O) groups excluding carboxylic acids is 1. The van der Waals surface area contributed by atoms with Crippen LogP contribution in [-0.4, -0.2) is 28.2 Å². The fraction of sp³-hybridized carbons (Fsp3) is 0.545. The summed E-state index contributed by atoms with van der Waals surface area (Å²) in [5.74, 6) is -2.12. The molecule has 0 unspecified atom stereocenters. The zero-order valence-electron chi connectivity index (χ0n) is 9.73. The average molecular weight is 243 g/mol. The van der Waals surface area contributed by atoms with Gasteiger partial charge in [-0.05, 0) is 12.8 Å². The first-order valence-electron chi connectivity index (χ1n) is 5.45. The van der Waals surface area contributed by atoms with Gasteiger partial charge in [-0.2, -0.15) is 0 Å². The van der Waals surface area contributed by atoms with E-state index in [9.17, 15) is 14.4 Å². The predicted molar refractivity (Wildman–Crippen MR) is 60.6 cm³/mol. The Morgan fingerprint density at radius 1 is 1.12 bits per heavy atom. The third-order valence-corrected chi connectivity index (χ3v) is 2.11. The number of unbranched alkanes of at least 4 members (excludes halogenated alkanes) is 3. The Kier molecular flexibility index (Phi) is 7.41. The van der Waals surface area contributed by atoms with E-state index >= 15 is 0 Å². The van der Waals surface area contributed by atoms with Gasteiger partial charge in [0.05, 0.1) is 0 Å². The van der Waals surface area contributed by atoms with Gasteiger partial charge >= 0.3 is 12.1 Å². The lowest BCUT2D eigenvalue weighted by Gasteiger charge is -2.02.